The third-order valence-electron chi connectivity index (χ3n) is 1.54. The maximum absolute atomic E-state index is 11.2. The smallest absolute Gasteiger partial charge is 0.254 e. The zero-order valence-electron chi connectivity index (χ0n) is 6.90. The first-order valence-electron chi connectivity index (χ1n) is 3.79. The van der Waals surface area contributed by atoms with Crippen LogP contribution in [-0.4, -0.2) is 45.6 Å². The first-order valence-corrected chi connectivity index (χ1v) is 3.79. The van der Waals surface area contributed by atoms with Crippen LogP contribution in [0.3, 0.4) is 0 Å². The monoisotopic (exact) mass is 185 g/mol. The molecule has 0 atom stereocenters. The lowest BCUT2D eigenvalue weighted by atomic mass is 10.3. The van der Waals surface area contributed by atoms with Crippen LogP contribution in [0, 0.1) is 0 Å². The van der Waals surface area contributed by atoms with Crippen LogP contribution in [0.4, 0.5) is 0 Å². The minimum Gasteiger partial charge on any atom is -0.394 e. The van der Waals surface area contributed by atoms with Crippen LogP contribution < -0.4 is 5.32 Å². The fourth-order valence-corrected chi connectivity index (χ4v) is 0.793. The van der Waals surface area contributed by atoms with Gasteiger partial charge < -0.3 is 15.5 Å². The van der Waals surface area contributed by atoms with E-state index in [0.717, 1.165) is 0 Å². The Morgan fingerprint density at radius 3 is 2.77 bits per heavy atom. The van der Waals surface area contributed by atoms with Crippen molar-refractivity contribution in [2.24, 2.45) is 0 Å². The standard InChI is InChI=1S/C7H11N3O3/c11-3-6(4-12)10-7(13)5-1-8-9-2-5/h1-2,6,11-12H,3-4H2,(H,8,9)(H,10,13). The number of aromatic nitrogens is 2. The Hall–Kier alpha value is -1.40. The fraction of sp³-hybridized carbons (Fsp3) is 0.429. The van der Waals surface area contributed by atoms with Crippen molar-refractivity contribution >= 4 is 5.91 Å². The SMILES string of the molecule is O=C(NC(CO)CO)c1cn[nH]c1. The second kappa shape index (κ2) is 4.58. The molecule has 6 heteroatoms. The molecule has 0 bridgehead atoms. The molecule has 0 spiro atoms. The van der Waals surface area contributed by atoms with Gasteiger partial charge in [-0.2, -0.15) is 5.10 Å². The highest BCUT2D eigenvalue weighted by Gasteiger charge is 2.11. The van der Waals surface area contributed by atoms with Gasteiger partial charge >= 0.3 is 0 Å². The van der Waals surface area contributed by atoms with Crippen molar-refractivity contribution in [1.82, 2.24) is 15.5 Å². The number of carbonyl (C=O) groups excluding carboxylic acids is 1. The maximum atomic E-state index is 11.2. The molecule has 13 heavy (non-hydrogen) atoms. The van der Waals surface area contributed by atoms with Crippen molar-refractivity contribution < 1.29 is 15.0 Å². The molecule has 0 saturated carbocycles. The summed E-state index contributed by atoms with van der Waals surface area (Å²) in [6.07, 6.45) is 2.79. The zero-order chi connectivity index (χ0) is 9.68. The molecule has 0 aliphatic carbocycles. The Bertz CT molecular complexity index is 256. The number of H-pyrrole nitrogens is 1. The highest BCUT2D eigenvalue weighted by atomic mass is 16.3. The van der Waals surface area contributed by atoms with E-state index in [1.165, 1.54) is 12.4 Å². The number of carbonyl (C=O) groups is 1. The largest absolute Gasteiger partial charge is 0.394 e. The molecule has 6 nitrogen and oxygen atoms in total. The van der Waals surface area contributed by atoms with E-state index in [1.807, 2.05) is 0 Å². The molecule has 0 aromatic carbocycles. The van der Waals surface area contributed by atoms with E-state index in [4.69, 9.17) is 10.2 Å². The van der Waals surface area contributed by atoms with E-state index in [1.54, 1.807) is 0 Å². The van der Waals surface area contributed by atoms with Gasteiger partial charge in [-0.1, -0.05) is 0 Å². The fourth-order valence-electron chi connectivity index (χ4n) is 0.793. The van der Waals surface area contributed by atoms with Gasteiger partial charge in [0.25, 0.3) is 5.91 Å². The second-order valence-corrected chi connectivity index (χ2v) is 2.52. The van der Waals surface area contributed by atoms with Crippen LogP contribution >= 0.6 is 0 Å². The van der Waals surface area contributed by atoms with Gasteiger partial charge in [0.15, 0.2) is 0 Å². The van der Waals surface area contributed by atoms with E-state index in [2.05, 4.69) is 15.5 Å². The summed E-state index contributed by atoms with van der Waals surface area (Å²) in [4.78, 5) is 11.2. The molecule has 1 heterocycles. The lowest BCUT2D eigenvalue weighted by molar-refractivity contribution is 0.0879. The molecular formula is C7H11N3O3. The lowest BCUT2D eigenvalue weighted by Crippen LogP contribution is -2.39. The van der Waals surface area contributed by atoms with Crippen molar-refractivity contribution in [3.8, 4) is 0 Å². The molecule has 0 saturated heterocycles. The molecule has 72 valence electrons. The van der Waals surface area contributed by atoms with Crippen molar-refractivity contribution in [3.05, 3.63) is 18.0 Å². The van der Waals surface area contributed by atoms with Gasteiger partial charge in [0.1, 0.15) is 0 Å². The summed E-state index contributed by atoms with van der Waals surface area (Å²) in [5.41, 5.74) is 0.368. The average Bonchev–Trinajstić information content (AvgIpc) is 2.66. The topological polar surface area (TPSA) is 98.2 Å². The zero-order valence-corrected chi connectivity index (χ0v) is 6.90. The van der Waals surface area contributed by atoms with E-state index in [0.29, 0.717) is 5.56 Å². The summed E-state index contributed by atoms with van der Waals surface area (Å²) >= 11 is 0. The van der Waals surface area contributed by atoms with Crippen LogP contribution in [0.1, 0.15) is 10.4 Å². The predicted octanol–water partition coefficient (Wildman–Crippen LogP) is -1.51. The summed E-state index contributed by atoms with van der Waals surface area (Å²) in [6.45, 7) is -0.583. The Morgan fingerprint density at radius 1 is 1.62 bits per heavy atom. The van der Waals surface area contributed by atoms with Gasteiger partial charge in [0, 0.05) is 6.20 Å². The van der Waals surface area contributed by atoms with Gasteiger partial charge in [-0.05, 0) is 0 Å². The van der Waals surface area contributed by atoms with Crippen molar-refractivity contribution in [3.63, 3.8) is 0 Å². The number of aliphatic hydroxyl groups excluding tert-OH is 2. The summed E-state index contributed by atoms with van der Waals surface area (Å²) in [5.74, 6) is -0.373. The number of hydrogen-bond acceptors (Lipinski definition) is 4. The number of aromatic amines is 1. The minimum atomic E-state index is -0.623. The average molecular weight is 185 g/mol. The summed E-state index contributed by atoms with van der Waals surface area (Å²) in [6, 6.07) is -0.623. The van der Waals surface area contributed by atoms with Crippen LogP contribution in [0.25, 0.3) is 0 Å². The summed E-state index contributed by atoms with van der Waals surface area (Å²) in [5, 5.41) is 25.8. The van der Waals surface area contributed by atoms with Crippen LogP contribution in [0.15, 0.2) is 12.4 Å². The molecule has 4 N–H and O–H groups in total. The number of nitrogens with zero attached hydrogens (tertiary/aromatic N) is 1. The van der Waals surface area contributed by atoms with Crippen LogP contribution in [0.5, 0.6) is 0 Å². The van der Waals surface area contributed by atoms with Crippen LogP contribution in [-0.2, 0) is 0 Å². The van der Waals surface area contributed by atoms with E-state index in [-0.39, 0.29) is 19.1 Å². The van der Waals surface area contributed by atoms with Gasteiger partial charge in [-0.25, -0.2) is 0 Å². The molecule has 1 amide bonds. The highest BCUT2D eigenvalue weighted by molar-refractivity contribution is 5.93. The quantitative estimate of drug-likeness (QED) is 0.458. The second-order valence-electron chi connectivity index (χ2n) is 2.52. The number of hydrogen-bond donors (Lipinski definition) is 4. The predicted molar refractivity (Wildman–Crippen MR) is 44.0 cm³/mol. The number of aliphatic hydroxyl groups is 2. The molecule has 0 fully saturated rings. The first kappa shape index (κ1) is 9.69. The lowest BCUT2D eigenvalue weighted by Gasteiger charge is -2.11. The molecule has 1 aromatic rings. The summed E-state index contributed by atoms with van der Waals surface area (Å²) in [7, 11) is 0. The van der Waals surface area contributed by atoms with Gasteiger partial charge in [-0.15, -0.1) is 0 Å². The van der Waals surface area contributed by atoms with Crippen molar-refractivity contribution in [2.45, 2.75) is 6.04 Å². The van der Waals surface area contributed by atoms with E-state index in [9.17, 15) is 4.79 Å². The molecule has 1 aromatic heterocycles. The highest BCUT2D eigenvalue weighted by Crippen LogP contribution is 1.94. The third-order valence-corrected chi connectivity index (χ3v) is 1.54. The number of amides is 1. The van der Waals surface area contributed by atoms with Crippen molar-refractivity contribution in [1.29, 1.82) is 0 Å². The van der Waals surface area contributed by atoms with E-state index >= 15 is 0 Å². The maximum Gasteiger partial charge on any atom is 0.254 e. The Morgan fingerprint density at radius 2 is 2.31 bits per heavy atom. The number of nitrogens with one attached hydrogen (secondary N) is 2. The molecule has 0 unspecified atom stereocenters. The number of rotatable bonds is 4. The third kappa shape index (κ3) is 2.53. The minimum absolute atomic E-state index is 0.292. The molecular weight excluding hydrogens is 174 g/mol. The first-order chi connectivity index (χ1) is 6.27. The Labute approximate surface area is 74.6 Å². The van der Waals surface area contributed by atoms with Gasteiger partial charge in [-0.3, -0.25) is 9.89 Å². The Balaban J connectivity index is 2.50. The molecule has 0 aliphatic rings. The van der Waals surface area contributed by atoms with Gasteiger partial charge in [0.2, 0.25) is 0 Å². The summed E-state index contributed by atoms with van der Waals surface area (Å²) < 4.78 is 0. The normalized spacial score (nSPS) is 10.4. The Kier molecular flexibility index (Phi) is 3.41. The molecule has 0 radical (unpaired) electrons. The van der Waals surface area contributed by atoms with Crippen molar-refractivity contribution in [2.75, 3.05) is 13.2 Å². The van der Waals surface area contributed by atoms with Crippen LogP contribution in [0.2, 0.25) is 0 Å². The molecule has 0 aliphatic heterocycles. The van der Waals surface area contributed by atoms with E-state index < -0.39 is 6.04 Å². The molecule has 1 rings (SSSR count). The van der Waals surface area contributed by atoms with Gasteiger partial charge in [0.05, 0.1) is 31.0 Å².